The smallest absolute Gasteiger partial charge is 0.252 e. The highest BCUT2D eigenvalue weighted by Crippen LogP contribution is 2.17. The van der Waals surface area contributed by atoms with Crippen LogP contribution in [-0.4, -0.2) is 26.1 Å². The summed E-state index contributed by atoms with van der Waals surface area (Å²) in [6.45, 7) is 2.09. The van der Waals surface area contributed by atoms with Crippen molar-refractivity contribution >= 4 is 27.1 Å². The van der Waals surface area contributed by atoms with Gasteiger partial charge in [0.2, 0.25) is 0 Å². The van der Waals surface area contributed by atoms with Crippen LogP contribution >= 0.6 is 11.3 Å². The lowest BCUT2D eigenvalue weighted by molar-refractivity contribution is 0.0948. The number of carbonyl (C=O) groups is 1. The van der Waals surface area contributed by atoms with Gasteiger partial charge < -0.3 is 5.32 Å². The molecule has 0 bridgehead atoms. The lowest BCUT2D eigenvalue weighted by atomic mass is 10.2. The minimum absolute atomic E-state index is 0.0370. The van der Waals surface area contributed by atoms with Gasteiger partial charge in [0.15, 0.2) is 9.84 Å². The van der Waals surface area contributed by atoms with E-state index >= 15 is 0 Å². The second-order valence-corrected chi connectivity index (χ2v) is 7.22. The van der Waals surface area contributed by atoms with Gasteiger partial charge in [0.25, 0.3) is 5.91 Å². The van der Waals surface area contributed by atoms with Crippen LogP contribution in [-0.2, 0) is 16.3 Å². The van der Waals surface area contributed by atoms with E-state index in [-0.39, 0.29) is 11.7 Å². The quantitative estimate of drug-likeness (QED) is 0.916. The fraction of sp³-hybridized carbons (Fsp3) is 0.417. The van der Waals surface area contributed by atoms with Crippen molar-refractivity contribution in [3.63, 3.8) is 0 Å². The summed E-state index contributed by atoms with van der Waals surface area (Å²) in [4.78, 5) is 13.1. The van der Waals surface area contributed by atoms with E-state index in [1.54, 1.807) is 11.3 Å². The molecule has 1 aliphatic heterocycles. The maximum Gasteiger partial charge on any atom is 0.252 e. The van der Waals surface area contributed by atoms with E-state index < -0.39 is 15.9 Å². The number of nitrogens with one attached hydrogen (secondary N) is 1. The van der Waals surface area contributed by atoms with Crippen molar-refractivity contribution in [3.05, 3.63) is 33.4 Å². The highest BCUT2D eigenvalue weighted by molar-refractivity contribution is 7.94. The molecule has 2 rings (SSSR count). The van der Waals surface area contributed by atoms with Gasteiger partial charge in [-0.15, -0.1) is 11.3 Å². The molecule has 0 spiro atoms. The van der Waals surface area contributed by atoms with Crippen LogP contribution in [0.25, 0.3) is 0 Å². The minimum Gasteiger partial charge on any atom is -0.345 e. The largest absolute Gasteiger partial charge is 0.345 e. The number of aryl methyl sites for hydroxylation is 1. The molecule has 1 amide bonds. The molecule has 0 aliphatic carbocycles. The third-order valence-electron chi connectivity index (χ3n) is 2.66. The predicted molar refractivity (Wildman–Crippen MR) is 72.5 cm³/mol. The molecule has 1 atom stereocenters. The van der Waals surface area contributed by atoms with Crippen LogP contribution in [0.15, 0.2) is 22.9 Å². The van der Waals surface area contributed by atoms with Gasteiger partial charge >= 0.3 is 0 Å². The molecule has 0 unspecified atom stereocenters. The Morgan fingerprint density at radius 3 is 2.94 bits per heavy atom. The summed E-state index contributed by atoms with van der Waals surface area (Å²) in [6.07, 6.45) is 3.54. The Kier molecular flexibility index (Phi) is 3.87. The standard InChI is InChI=1S/C12H15NO3S2/c1-2-3-11-6-9(7-17-11)12(14)13-10-4-5-18(15,16)8-10/h4-7,10H,2-3,8H2,1H3,(H,13,14)/t10-/m1/s1. The molecule has 0 aromatic carbocycles. The monoisotopic (exact) mass is 285 g/mol. The topological polar surface area (TPSA) is 63.2 Å². The Morgan fingerprint density at radius 2 is 2.33 bits per heavy atom. The molecule has 0 fully saturated rings. The number of thiophene rings is 1. The zero-order chi connectivity index (χ0) is 13.2. The first-order chi connectivity index (χ1) is 8.50. The number of sulfone groups is 1. The number of carbonyl (C=O) groups excluding carboxylic acids is 1. The van der Waals surface area contributed by atoms with Crippen LogP contribution in [0.1, 0.15) is 28.6 Å². The van der Waals surface area contributed by atoms with Crippen molar-refractivity contribution in [3.8, 4) is 0 Å². The minimum atomic E-state index is -3.12. The summed E-state index contributed by atoms with van der Waals surface area (Å²) in [5, 5.41) is 5.68. The van der Waals surface area contributed by atoms with Crippen molar-refractivity contribution in [2.75, 3.05) is 5.75 Å². The molecule has 98 valence electrons. The van der Waals surface area contributed by atoms with E-state index in [2.05, 4.69) is 12.2 Å². The molecular weight excluding hydrogens is 270 g/mol. The molecular formula is C12H15NO3S2. The van der Waals surface area contributed by atoms with E-state index in [0.717, 1.165) is 18.2 Å². The Balaban J connectivity index is 1.98. The van der Waals surface area contributed by atoms with E-state index in [0.29, 0.717) is 5.56 Å². The van der Waals surface area contributed by atoms with Crippen molar-refractivity contribution in [1.29, 1.82) is 0 Å². The first-order valence-corrected chi connectivity index (χ1v) is 8.39. The molecule has 2 heterocycles. The maximum absolute atomic E-state index is 11.9. The zero-order valence-electron chi connectivity index (χ0n) is 10.0. The van der Waals surface area contributed by atoms with Gasteiger partial charge in [-0.3, -0.25) is 4.79 Å². The van der Waals surface area contributed by atoms with Crippen LogP contribution in [0, 0.1) is 0 Å². The fourth-order valence-electron chi connectivity index (χ4n) is 1.79. The van der Waals surface area contributed by atoms with Crippen molar-refractivity contribution in [1.82, 2.24) is 5.32 Å². The molecule has 4 nitrogen and oxygen atoms in total. The summed E-state index contributed by atoms with van der Waals surface area (Å²) in [5.41, 5.74) is 0.612. The van der Waals surface area contributed by atoms with Gasteiger partial charge in [0.1, 0.15) is 0 Å². The molecule has 18 heavy (non-hydrogen) atoms. The van der Waals surface area contributed by atoms with Crippen LogP contribution in [0.2, 0.25) is 0 Å². The average Bonchev–Trinajstić information content (AvgIpc) is 2.86. The molecule has 1 aromatic heterocycles. The first-order valence-electron chi connectivity index (χ1n) is 5.79. The molecule has 6 heteroatoms. The van der Waals surface area contributed by atoms with E-state index in [9.17, 15) is 13.2 Å². The summed E-state index contributed by atoms with van der Waals surface area (Å²) in [7, 11) is -3.12. The summed E-state index contributed by atoms with van der Waals surface area (Å²) < 4.78 is 22.4. The molecule has 0 saturated heterocycles. The van der Waals surface area contributed by atoms with Gasteiger partial charge in [0, 0.05) is 15.7 Å². The molecule has 0 saturated carbocycles. The van der Waals surface area contributed by atoms with Crippen molar-refractivity contribution in [2.24, 2.45) is 0 Å². The third kappa shape index (κ3) is 3.20. The summed E-state index contributed by atoms with van der Waals surface area (Å²) in [6, 6.07) is 1.47. The van der Waals surface area contributed by atoms with E-state index in [1.165, 1.54) is 11.0 Å². The number of hydrogen-bond acceptors (Lipinski definition) is 4. The van der Waals surface area contributed by atoms with Gasteiger partial charge in [-0.2, -0.15) is 0 Å². The number of amides is 1. The molecule has 1 N–H and O–H groups in total. The van der Waals surface area contributed by atoms with Crippen LogP contribution in [0.4, 0.5) is 0 Å². The SMILES string of the molecule is CCCc1cc(C(=O)N[C@@H]2C=CS(=O)(=O)C2)cs1. The normalized spacial score (nSPS) is 21.1. The summed E-state index contributed by atoms with van der Waals surface area (Å²) >= 11 is 1.56. The zero-order valence-corrected chi connectivity index (χ0v) is 11.7. The van der Waals surface area contributed by atoms with Crippen LogP contribution in [0.3, 0.4) is 0 Å². The number of hydrogen-bond donors (Lipinski definition) is 1. The molecule has 0 radical (unpaired) electrons. The maximum atomic E-state index is 11.9. The van der Waals surface area contributed by atoms with Crippen LogP contribution in [0.5, 0.6) is 0 Å². The highest BCUT2D eigenvalue weighted by Gasteiger charge is 2.23. The van der Waals surface area contributed by atoms with Crippen LogP contribution < -0.4 is 5.32 Å². The second-order valence-electron chi connectivity index (χ2n) is 4.29. The highest BCUT2D eigenvalue weighted by atomic mass is 32.2. The lowest BCUT2D eigenvalue weighted by Gasteiger charge is -2.08. The fourth-order valence-corrected chi connectivity index (χ4v) is 4.00. The van der Waals surface area contributed by atoms with Crippen molar-refractivity contribution in [2.45, 2.75) is 25.8 Å². The van der Waals surface area contributed by atoms with Crippen molar-refractivity contribution < 1.29 is 13.2 Å². The van der Waals surface area contributed by atoms with Gasteiger partial charge in [-0.25, -0.2) is 8.42 Å². The molecule has 1 aliphatic rings. The van der Waals surface area contributed by atoms with E-state index in [1.807, 2.05) is 11.4 Å². The Hall–Kier alpha value is -1.14. The Bertz CT molecular complexity index is 572. The number of rotatable bonds is 4. The first kappa shape index (κ1) is 13.3. The summed E-state index contributed by atoms with van der Waals surface area (Å²) in [5.74, 6) is -0.245. The Morgan fingerprint density at radius 1 is 1.56 bits per heavy atom. The van der Waals surface area contributed by atoms with Gasteiger partial charge in [-0.1, -0.05) is 13.3 Å². The average molecular weight is 285 g/mol. The second kappa shape index (κ2) is 5.24. The third-order valence-corrected chi connectivity index (χ3v) is 5.05. The lowest BCUT2D eigenvalue weighted by Crippen LogP contribution is -2.35. The van der Waals surface area contributed by atoms with Gasteiger partial charge in [-0.05, 0) is 18.6 Å². The molecule has 1 aromatic rings. The Labute approximate surface area is 111 Å². The predicted octanol–water partition coefficient (Wildman–Crippen LogP) is 1.74. The van der Waals surface area contributed by atoms with E-state index in [4.69, 9.17) is 0 Å². The van der Waals surface area contributed by atoms with Gasteiger partial charge in [0.05, 0.1) is 17.4 Å².